The number of nitrogens with one attached hydrogen (secondary N) is 2. The number of aromatic amines is 1. The number of H-pyrrole nitrogens is 1. The predicted molar refractivity (Wildman–Crippen MR) is 172 cm³/mol. The van der Waals surface area contributed by atoms with Crippen LogP contribution in [0.3, 0.4) is 0 Å². The van der Waals surface area contributed by atoms with Gasteiger partial charge in [-0.3, -0.25) is 14.6 Å². The zero-order chi connectivity index (χ0) is 32.9. The van der Waals surface area contributed by atoms with Crippen LogP contribution in [0, 0.1) is 23.0 Å². The van der Waals surface area contributed by atoms with Gasteiger partial charge in [-0.25, -0.2) is 8.78 Å². The Hall–Kier alpha value is -4.02. The van der Waals surface area contributed by atoms with Gasteiger partial charge in [-0.15, -0.1) is 10.2 Å². The predicted octanol–water partition coefficient (Wildman–Crippen LogP) is 7.07. The molecule has 11 heteroatoms. The Morgan fingerprint density at radius 2 is 1.78 bits per heavy atom. The highest BCUT2D eigenvalue weighted by atomic mass is 19.1. The summed E-state index contributed by atoms with van der Waals surface area (Å²) in [6.45, 7) is 8.85. The summed E-state index contributed by atoms with van der Waals surface area (Å²) in [5, 5.41) is 16.4. The summed E-state index contributed by atoms with van der Waals surface area (Å²) in [5.41, 5.74) is 0.816. The smallest absolute Gasteiger partial charge is 0.275 e. The molecule has 1 atom stereocenters. The number of nitrogens with zero attached hydrogens (tertiary/aromatic N) is 5. The third-order valence-electron chi connectivity index (χ3n) is 9.28. The molecule has 1 spiro atoms. The molecule has 2 aliphatic rings. The molecule has 1 fully saturated rings. The van der Waals surface area contributed by atoms with E-state index < -0.39 is 17.3 Å². The van der Waals surface area contributed by atoms with E-state index >= 15 is 0 Å². The van der Waals surface area contributed by atoms with Gasteiger partial charge in [0.1, 0.15) is 23.0 Å². The molecule has 5 rings (SSSR count). The Morgan fingerprint density at radius 1 is 1.09 bits per heavy atom. The third kappa shape index (κ3) is 7.85. The van der Waals surface area contributed by atoms with Crippen LogP contribution in [0.25, 0.3) is 0 Å². The van der Waals surface area contributed by atoms with E-state index in [1.165, 1.54) is 31.4 Å². The number of aromatic nitrogens is 4. The van der Waals surface area contributed by atoms with Crippen LogP contribution in [0.1, 0.15) is 125 Å². The largest absolute Gasteiger partial charge is 0.345 e. The molecule has 9 nitrogen and oxygen atoms in total. The SMILES string of the molecule is CCCCCC1CCC2(CC1)N=C(c1cc(F)cc(F)c1)C(=O)N2[C@H](CCC(C)(C)C)c1ccc(C(=O)NCc2nn[nH]n2)cc1. The summed E-state index contributed by atoms with van der Waals surface area (Å²) < 4.78 is 28.8. The van der Waals surface area contributed by atoms with Gasteiger partial charge in [0, 0.05) is 17.2 Å². The van der Waals surface area contributed by atoms with Crippen molar-refractivity contribution in [1.29, 1.82) is 0 Å². The van der Waals surface area contributed by atoms with Gasteiger partial charge >= 0.3 is 0 Å². The van der Waals surface area contributed by atoms with Crippen LogP contribution in [0.4, 0.5) is 8.78 Å². The van der Waals surface area contributed by atoms with Gasteiger partial charge in [-0.05, 0) is 79.7 Å². The van der Waals surface area contributed by atoms with Crippen LogP contribution in [0.5, 0.6) is 0 Å². The number of hydrogen-bond acceptors (Lipinski definition) is 6. The summed E-state index contributed by atoms with van der Waals surface area (Å²) in [7, 11) is 0. The molecule has 3 aromatic rings. The second-order valence-electron chi connectivity index (χ2n) is 14.0. The van der Waals surface area contributed by atoms with Gasteiger partial charge in [0.2, 0.25) is 0 Å². The van der Waals surface area contributed by atoms with Gasteiger partial charge in [0.05, 0.1) is 12.6 Å². The summed E-state index contributed by atoms with van der Waals surface area (Å²) in [4.78, 5) is 34.3. The first-order chi connectivity index (χ1) is 22.0. The van der Waals surface area contributed by atoms with Crippen molar-refractivity contribution in [2.75, 3.05) is 0 Å². The topological polar surface area (TPSA) is 116 Å². The van der Waals surface area contributed by atoms with Gasteiger partial charge in [0.25, 0.3) is 11.8 Å². The van der Waals surface area contributed by atoms with E-state index in [4.69, 9.17) is 4.99 Å². The zero-order valence-corrected chi connectivity index (χ0v) is 27.3. The Kier molecular flexibility index (Phi) is 10.3. The molecule has 1 aliphatic heterocycles. The normalized spacial score (nSPS) is 20.7. The number of hydrogen-bond donors (Lipinski definition) is 2. The maximum Gasteiger partial charge on any atom is 0.275 e. The van der Waals surface area contributed by atoms with Gasteiger partial charge < -0.3 is 10.2 Å². The number of amides is 2. The number of rotatable bonds is 12. The fraction of sp³-hybridized carbons (Fsp3) is 0.543. The standard InChI is InChI=1S/C35H45F2N7O2/c1-5-6-7-8-23-13-17-35(18-14-23)39-31(26-19-27(36)21-28(37)20-26)33(46)44(35)29(15-16-34(2,3)4)24-9-11-25(12-10-24)32(45)38-22-30-40-42-43-41-30/h9-12,19-21,23,29H,5-8,13-18,22H2,1-4H3,(H,38,45)(H,40,41,42,43)/t23?,29-,35?/m1/s1. The molecule has 1 saturated carbocycles. The van der Waals surface area contributed by atoms with Gasteiger partial charge in [0.15, 0.2) is 5.82 Å². The lowest BCUT2D eigenvalue weighted by Gasteiger charge is -2.46. The van der Waals surface area contributed by atoms with E-state index in [9.17, 15) is 18.4 Å². The lowest BCUT2D eigenvalue weighted by molar-refractivity contribution is -0.133. The molecule has 1 aliphatic carbocycles. The van der Waals surface area contributed by atoms with Crippen molar-refractivity contribution in [3.05, 3.63) is 76.6 Å². The quantitative estimate of drug-likeness (QED) is 0.207. The van der Waals surface area contributed by atoms with Crippen molar-refractivity contribution in [2.24, 2.45) is 16.3 Å². The van der Waals surface area contributed by atoms with Gasteiger partial charge in [-0.2, -0.15) is 5.21 Å². The van der Waals surface area contributed by atoms with E-state index in [0.717, 1.165) is 37.3 Å². The minimum atomic E-state index is -0.806. The first-order valence-electron chi connectivity index (χ1n) is 16.5. The minimum Gasteiger partial charge on any atom is -0.345 e. The highest BCUT2D eigenvalue weighted by Gasteiger charge is 2.52. The molecule has 2 N–H and O–H groups in total. The number of carbonyl (C=O) groups is 2. The number of tetrazole rings is 1. The van der Waals surface area contributed by atoms with Crippen molar-refractivity contribution in [2.45, 2.75) is 110 Å². The van der Waals surface area contributed by atoms with Crippen LogP contribution in [-0.2, 0) is 11.3 Å². The maximum absolute atomic E-state index is 14.5. The van der Waals surface area contributed by atoms with Crippen LogP contribution >= 0.6 is 0 Å². The zero-order valence-electron chi connectivity index (χ0n) is 27.3. The van der Waals surface area contributed by atoms with E-state index in [1.807, 2.05) is 17.0 Å². The van der Waals surface area contributed by atoms with Gasteiger partial charge in [-0.1, -0.05) is 70.7 Å². The van der Waals surface area contributed by atoms with Crippen LogP contribution in [-0.4, -0.2) is 48.7 Å². The average Bonchev–Trinajstić information content (AvgIpc) is 3.63. The molecule has 2 amide bonds. The van der Waals surface area contributed by atoms with E-state index in [1.54, 1.807) is 12.1 Å². The van der Waals surface area contributed by atoms with Crippen molar-refractivity contribution in [1.82, 2.24) is 30.8 Å². The molecular weight excluding hydrogens is 588 g/mol. The monoisotopic (exact) mass is 633 g/mol. The first-order valence-corrected chi connectivity index (χ1v) is 16.5. The number of carbonyl (C=O) groups excluding carboxylic acids is 2. The number of aliphatic imine (C=N–C) groups is 1. The fourth-order valence-electron chi connectivity index (χ4n) is 6.78. The molecule has 1 aromatic heterocycles. The van der Waals surface area contributed by atoms with E-state index in [0.29, 0.717) is 36.6 Å². The van der Waals surface area contributed by atoms with Crippen molar-refractivity contribution < 1.29 is 18.4 Å². The second kappa shape index (κ2) is 14.2. The Labute approximate surface area is 269 Å². The number of unbranched alkanes of at least 4 members (excludes halogenated alkanes) is 2. The summed E-state index contributed by atoms with van der Waals surface area (Å²) in [6, 6.07) is 10.2. The molecule has 2 heterocycles. The summed E-state index contributed by atoms with van der Waals surface area (Å²) in [6.07, 6.45) is 9.49. The maximum atomic E-state index is 14.5. The highest BCUT2D eigenvalue weighted by Crippen LogP contribution is 2.48. The highest BCUT2D eigenvalue weighted by molar-refractivity contribution is 6.46. The lowest BCUT2D eigenvalue weighted by Crippen LogP contribution is -2.51. The minimum absolute atomic E-state index is 0.00448. The fourth-order valence-corrected chi connectivity index (χ4v) is 6.78. The Bertz CT molecular complexity index is 1500. The lowest BCUT2D eigenvalue weighted by atomic mass is 9.77. The molecule has 2 aromatic carbocycles. The van der Waals surface area contributed by atoms with Crippen molar-refractivity contribution in [3.63, 3.8) is 0 Å². The van der Waals surface area contributed by atoms with Crippen molar-refractivity contribution >= 4 is 17.5 Å². The summed E-state index contributed by atoms with van der Waals surface area (Å²) in [5.74, 6) is -1.13. The second-order valence-corrected chi connectivity index (χ2v) is 14.0. The average molecular weight is 634 g/mol. The Morgan fingerprint density at radius 3 is 2.39 bits per heavy atom. The van der Waals surface area contributed by atoms with E-state index in [2.05, 4.69) is 53.6 Å². The summed E-state index contributed by atoms with van der Waals surface area (Å²) >= 11 is 0. The first kappa shape index (κ1) is 33.3. The molecule has 246 valence electrons. The van der Waals surface area contributed by atoms with Crippen LogP contribution in [0.15, 0.2) is 47.5 Å². The third-order valence-corrected chi connectivity index (χ3v) is 9.28. The van der Waals surface area contributed by atoms with E-state index in [-0.39, 0.29) is 41.1 Å². The van der Waals surface area contributed by atoms with Crippen molar-refractivity contribution in [3.8, 4) is 0 Å². The molecule has 0 radical (unpaired) electrons. The number of benzene rings is 2. The van der Waals surface area contributed by atoms with Crippen LogP contribution < -0.4 is 5.32 Å². The molecule has 0 unspecified atom stereocenters. The molecule has 0 saturated heterocycles. The molecule has 46 heavy (non-hydrogen) atoms. The van der Waals surface area contributed by atoms with Crippen LogP contribution in [0.2, 0.25) is 0 Å². The number of halogens is 2. The molecule has 0 bridgehead atoms. The Balaban J connectivity index is 1.47. The molecular formula is C35H45F2N7O2.